The molecule has 174 valence electrons. The Hall–Kier alpha value is -3.88. The lowest BCUT2D eigenvalue weighted by atomic mass is 10.0. The minimum atomic E-state index is -0.678. The van der Waals surface area contributed by atoms with Crippen LogP contribution >= 0.6 is 0 Å². The Morgan fingerprint density at radius 2 is 1.76 bits per heavy atom. The number of nitrogens with one attached hydrogen (secondary N) is 3. The van der Waals surface area contributed by atoms with Crippen LogP contribution in [0.3, 0.4) is 0 Å². The van der Waals surface area contributed by atoms with Gasteiger partial charge in [-0.1, -0.05) is 13.8 Å². The van der Waals surface area contributed by atoms with Crippen molar-refractivity contribution in [3.05, 3.63) is 64.9 Å². The molecule has 0 saturated carbocycles. The van der Waals surface area contributed by atoms with Gasteiger partial charge >= 0.3 is 0 Å². The number of likely N-dealkylation sites (N-methyl/N-ethyl adjacent to an activating group) is 1. The summed E-state index contributed by atoms with van der Waals surface area (Å²) in [4.78, 5) is 41.2. The largest absolute Gasteiger partial charge is 0.456 e. The number of carbonyl (C=O) groups is 3. The van der Waals surface area contributed by atoms with Crippen LogP contribution in [0.4, 0.5) is 0 Å². The Bertz CT molecular complexity index is 1140. The summed E-state index contributed by atoms with van der Waals surface area (Å²) >= 11 is 0. The molecule has 3 aromatic rings. The molecule has 0 bridgehead atoms. The minimum absolute atomic E-state index is 0.0728. The van der Waals surface area contributed by atoms with E-state index in [4.69, 9.17) is 8.83 Å². The standard InChI is InChI=1S/C24H28N4O5/c1-13(2)21(24(31)25-5)28-23(30)19-7-6-18(33-19)17-11-16(8-9-26-17)12-27-22(29)20-10-14(3)15(4)32-20/h6-11,13,21H,12H2,1-5H3,(H,25,31)(H,27,29)(H,28,30). The smallest absolute Gasteiger partial charge is 0.287 e. The van der Waals surface area contributed by atoms with Gasteiger partial charge in [0.1, 0.15) is 17.5 Å². The highest BCUT2D eigenvalue weighted by Gasteiger charge is 2.25. The fourth-order valence-electron chi connectivity index (χ4n) is 3.17. The average Bonchev–Trinajstić information content (AvgIpc) is 3.42. The van der Waals surface area contributed by atoms with E-state index in [-0.39, 0.29) is 35.8 Å². The molecule has 0 aliphatic carbocycles. The Kier molecular flexibility index (Phi) is 7.32. The molecule has 33 heavy (non-hydrogen) atoms. The van der Waals surface area contributed by atoms with Gasteiger partial charge in [0.05, 0.1) is 0 Å². The number of aryl methyl sites for hydroxylation is 2. The highest BCUT2D eigenvalue weighted by Crippen LogP contribution is 2.21. The van der Waals surface area contributed by atoms with E-state index in [1.165, 1.54) is 13.1 Å². The van der Waals surface area contributed by atoms with E-state index in [0.717, 1.165) is 11.1 Å². The third-order valence-electron chi connectivity index (χ3n) is 5.23. The number of carbonyl (C=O) groups excluding carboxylic acids is 3. The number of pyridine rings is 1. The summed E-state index contributed by atoms with van der Waals surface area (Å²) in [5.74, 6) is 0.271. The fraction of sp³-hybridized carbons (Fsp3) is 0.333. The van der Waals surface area contributed by atoms with Crippen LogP contribution in [0.5, 0.6) is 0 Å². The highest BCUT2D eigenvalue weighted by atomic mass is 16.4. The second-order valence-corrected chi connectivity index (χ2v) is 8.06. The Morgan fingerprint density at radius 3 is 2.39 bits per heavy atom. The molecular formula is C24H28N4O5. The summed E-state index contributed by atoms with van der Waals surface area (Å²) in [6, 6.07) is 7.73. The molecule has 3 aromatic heterocycles. The normalized spacial score (nSPS) is 11.8. The van der Waals surface area contributed by atoms with Gasteiger partial charge in [0, 0.05) is 19.8 Å². The van der Waals surface area contributed by atoms with E-state index >= 15 is 0 Å². The Labute approximate surface area is 192 Å². The number of hydrogen-bond acceptors (Lipinski definition) is 6. The van der Waals surface area contributed by atoms with Crippen molar-refractivity contribution >= 4 is 17.7 Å². The van der Waals surface area contributed by atoms with Crippen molar-refractivity contribution in [1.82, 2.24) is 20.9 Å². The third-order valence-corrected chi connectivity index (χ3v) is 5.23. The second kappa shape index (κ2) is 10.2. The van der Waals surface area contributed by atoms with Gasteiger partial charge in [0.15, 0.2) is 17.3 Å². The van der Waals surface area contributed by atoms with Gasteiger partial charge in [-0.25, -0.2) is 0 Å². The van der Waals surface area contributed by atoms with E-state index in [0.29, 0.717) is 17.2 Å². The number of amides is 3. The number of furan rings is 2. The lowest BCUT2D eigenvalue weighted by molar-refractivity contribution is -0.123. The SMILES string of the molecule is CNC(=O)C(NC(=O)c1ccc(-c2cc(CNC(=O)c3cc(C)c(C)o3)ccn2)o1)C(C)C. The van der Waals surface area contributed by atoms with E-state index in [1.54, 1.807) is 37.4 Å². The van der Waals surface area contributed by atoms with E-state index in [9.17, 15) is 14.4 Å². The van der Waals surface area contributed by atoms with Crippen molar-refractivity contribution in [3.8, 4) is 11.5 Å². The summed E-state index contributed by atoms with van der Waals surface area (Å²) in [7, 11) is 1.52. The van der Waals surface area contributed by atoms with Crippen molar-refractivity contribution in [2.75, 3.05) is 7.05 Å². The molecule has 0 aromatic carbocycles. The molecule has 1 atom stereocenters. The maximum atomic E-state index is 12.6. The van der Waals surface area contributed by atoms with Gasteiger partial charge < -0.3 is 24.8 Å². The Balaban J connectivity index is 1.67. The lowest BCUT2D eigenvalue weighted by Gasteiger charge is -2.19. The minimum Gasteiger partial charge on any atom is -0.456 e. The van der Waals surface area contributed by atoms with Crippen LogP contribution in [0.2, 0.25) is 0 Å². The van der Waals surface area contributed by atoms with Crippen LogP contribution in [-0.4, -0.2) is 35.8 Å². The predicted molar refractivity (Wildman–Crippen MR) is 121 cm³/mol. The van der Waals surface area contributed by atoms with E-state index in [2.05, 4.69) is 20.9 Å². The fourth-order valence-corrected chi connectivity index (χ4v) is 3.17. The molecule has 3 rings (SSSR count). The molecule has 0 spiro atoms. The molecule has 0 radical (unpaired) electrons. The molecule has 3 heterocycles. The molecule has 0 fully saturated rings. The third kappa shape index (κ3) is 5.68. The first-order valence-corrected chi connectivity index (χ1v) is 10.6. The number of aromatic nitrogens is 1. The van der Waals surface area contributed by atoms with Gasteiger partial charge in [-0.3, -0.25) is 19.4 Å². The number of rotatable bonds is 8. The monoisotopic (exact) mass is 452 g/mol. The maximum absolute atomic E-state index is 12.6. The summed E-state index contributed by atoms with van der Waals surface area (Å²) in [6.45, 7) is 7.64. The molecule has 1 unspecified atom stereocenters. The average molecular weight is 453 g/mol. The van der Waals surface area contributed by atoms with Crippen molar-refractivity contribution in [2.45, 2.75) is 40.3 Å². The van der Waals surface area contributed by atoms with Gasteiger partial charge in [0.2, 0.25) is 5.91 Å². The topological polar surface area (TPSA) is 126 Å². The van der Waals surface area contributed by atoms with Crippen molar-refractivity contribution < 1.29 is 23.2 Å². The highest BCUT2D eigenvalue weighted by molar-refractivity contribution is 5.96. The van der Waals surface area contributed by atoms with E-state index < -0.39 is 11.9 Å². The van der Waals surface area contributed by atoms with Crippen LogP contribution in [-0.2, 0) is 11.3 Å². The maximum Gasteiger partial charge on any atom is 0.287 e. The van der Waals surface area contributed by atoms with Crippen molar-refractivity contribution in [2.24, 2.45) is 5.92 Å². The van der Waals surface area contributed by atoms with Crippen LogP contribution < -0.4 is 16.0 Å². The summed E-state index contributed by atoms with van der Waals surface area (Å²) in [6.07, 6.45) is 1.60. The van der Waals surface area contributed by atoms with Crippen LogP contribution in [0, 0.1) is 19.8 Å². The van der Waals surface area contributed by atoms with E-state index in [1.807, 2.05) is 20.8 Å². The van der Waals surface area contributed by atoms with Gasteiger partial charge in [0.25, 0.3) is 11.8 Å². The molecule has 0 saturated heterocycles. The lowest BCUT2D eigenvalue weighted by Crippen LogP contribution is -2.48. The molecule has 3 N–H and O–H groups in total. The first-order valence-electron chi connectivity index (χ1n) is 10.6. The first kappa shape index (κ1) is 23.8. The number of hydrogen-bond donors (Lipinski definition) is 3. The predicted octanol–water partition coefficient (Wildman–Crippen LogP) is 2.98. The quantitative estimate of drug-likeness (QED) is 0.482. The van der Waals surface area contributed by atoms with Gasteiger partial charge in [-0.2, -0.15) is 0 Å². The van der Waals surface area contributed by atoms with Crippen molar-refractivity contribution in [1.29, 1.82) is 0 Å². The van der Waals surface area contributed by atoms with Gasteiger partial charge in [-0.15, -0.1) is 0 Å². The molecule has 0 aliphatic rings. The Morgan fingerprint density at radius 1 is 1.00 bits per heavy atom. The molecule has 9 nitrogen and oxygen atoms in total. The molecule has 3 amide bonds. The molecule has 0 aliphatic heterocycles. The van der Waals surface area contributed by atoms with Crippen LogP contribution in [0.1, 0.15) is 51.8 Å². The number of nitrogens with zero attached hydrogens (tertiary/aromatic N) is 1. The zero-order chi connectivity index (χ0) is 24.1. The van der Waals surface area contributed by atoms with Crippen LogP contribution in [0.25, 0.3) is 11.5 Å². The van der Waals surface area contributed by atoms with Gasteiger partial charge in [-0.05, 0) is 61.2 Å². The second-order valence-electron chi connectivity index (χ2n) is 8.06. The zero-order valence-corrected chi connectivity index (χ0v) is 19.3. The van der Waals surface area contributed by atoms with Crippen LogP contribution in [0.15, 0.2) is 45.4 Å². The summed E-state index contributed by atoms with van der Waals surface area (Å²) < 4.78 is 11.1. The summed E-state index contributed by atoms with van der Waals surface area (Å²) in [5, 5.41) is 8.05. The van der Waals surface area contributed by atoms with Crippen molar-refractivity contribution in [3.63, 3.8) is 0 Å². The summed E-state index contributed by atoms with van der Waals surface area (Å²) in [5.41, 5.74) is 2.23. The first-order chi connectivity index (χ1) is 15.7. The molecular weight excluding hydrogens is 424 g/mol. The molecule has 9 heteroatoms. The zero-order valence-electron chi connectivity index (χ0n) is 19.3.